The van der Waals surface area contributed by atoms with E-state index in [9.17, 15) is 4.79 Å². The average Bonchev–Trinajstić information content (AvgIpc) is 2.63. The number of aromatic nitrogens is 1. The van der Waals surface area contributed by atoms with Crippen LogP contribution in [0.4, 0.5) is 0 Å². The molecule has 1 aromatic carbocycles. The molecule has 5 nitrogen and oxygen atoms in total. The Kier molecular flexibility index (Phi) is 3.57. The van der Waals surface area contributed by atoms with Crippen LogP contribution >= 0.6 is 0 Å². The van der Waals surface area contributed by atoms with E-state index < -0.39 is 5.54 Å². The lowest BCUT2D eigenvalue weighted by atomic mass is 10.0. The van der Waals surface area contributed by atoms with E-state index in [1.165, 1.54) is 0 Å². The molecule has 0 radical (unpaired) electrons. The number of hydrogen-bond donors (Lipinski definition) is 2. The summed E-state index contributed by atoms with van der Waals surface area (Å²) in [4.78, 5) is 15.9. The van der Waals surface area contributed by atoms with Crippen molar-refractivity contribution in [2.24, 2.45) is 5.73 Å². The normalized spacial score (nSPS) is 11.8. The zero-order valence-electron chi connectivity index (χ0n) is 11.5. The zero-order chi connectivity index (χ0) is 14.0. The topological polar surface area (TPSA) is 81.2 Å². The number of aryl methyl sites for hydroxylation is 1. The van der Waals surface area contributed by atoms with Gasteiger partial charge in [0.15, 0.2) is 11.5 Å². The summed E-state index contributed by atoms with van der Waals surface area (Å²) in [6.07, 6.45) is 0.302. The molecule has 0 aliphatic heterocycles. The minimum atomic E-state index is -0.490. The molecule has 5 heteroatoms. The third-order valence-corrected chi connectivity index (χ3v) is 2.67. The molecule has 2 aromatic rings. The molecule has 1 amide bonds. The van der Waals surface area contributed by atoms with E-state index >= 15 is 0 Å². The highest BCUT2D eigenvalue weighted by Gasteiger charge is 2.15. The maximum absolute atomic E-state index is 11.7. The number of carbonyl (C=O) groups is 1. The second kappa shape index (κ2) is 5.01. The lowest BCUT2D eigenvalue weighted by Crippen LogP contribution is -2.38. The van der Waals surface area contributed by atoms with Gasteiger partial charge in [0.1, 0.15) is 5.52 Å². The fraction of sp³-hybridized carbons (Fsp3) is 0.429. The molecule has 0 saturated heterocycles. The molecule has 0 aliphatic carbocycles. The summed E-state index contributed by atoms with van der Waals surface area (Å²) in [6, 6.07) is 5.71. The summed E-state index contributed by atoms with van der Waals surface area (Å²) in [7, 11) is 0. The number of benzene rings is 1. The van der Waals surface area contributed by atoms with E-state index in [1.54, 1.807) is 0 Å². The van der Waals surface area contributed by atoms with Gasteiger partial charge in [-0.1, -0.05) is 6.07 Å². The van der Waals surface area contributed by atoms with Gasteiger partial charge >= 0.3 is 0 Å². The SMILES string of the molecule is Cc1nc2ccc(CNC(=O)CC(C)(C)N)cc2o1. The van der Waals surface area contributed by atoms with Crippen molar-refractivity contribution in [2.45, 2.75) is 39.3 Å². The molecule has 3 N–H and O–H groups in total. The Hall–Kier alpha value is -1.88. The molecular weight excluding hydrogens is 242 g/mol. The van der Waals surface area contributed by atoms with E-state index in [2.05, 4.69) is 10.3 Å². The van der Waals surface area contributed by atoms with Crippen LogP contribution in [0.2, 0.25) is 0 Å². The van der Waals surface area contributed by atoms with Crippen LogP contribution in [-0.2, 0) is 11.3 Å². The Labute approximate surface area is 112 Å². The molecule has 1 aromatic heterocycles. The molecule has 0 aliphatic rings. The van der Waals surface area contributed by atoms with Gasteiger partial charge in [0, 0.05) is 25.4 Å². The predicted molar refractivity (Wildman–Crippen MR) is 73.5 cm³/mol. The summed E-state index contributed by atoms with van der Waals surface area (Å²) in [6.45, 7) is 5.93. The molecule has 1 heterocycles. The van der Waals surface area contributed by atoms with E-state index in [-0.39, 0.29) is 5.91 Å². The van der Waals surface area contributed by atoms with Crippen LogP contribution < -0.4 is 11.1 Å². The second-order valence-corrected chi connectivity index (χ2v) is 5.48. The van der Waals surface area contributed by atoms with Gasteiger partial charge in [0.2, 0.25) is 5.91 Å². The largest absolute Gasteiger partial charge is 0.441 e. The van der Waals surface area contributed by atoms with Crippen LogP contribution in [0.5, 0.6) is 0 Å². The van der Waals surface area contributed by atoms with Crippen LogP contribution in [0, 0.1) is 6.92 Å². The Morgan fingerprint density at radius 3 is 2.89 bits per heavy atom. The minimum absolute atomic E-state index is 0.0543. The predicted octanol–water partition coefficient (Wildman–Crippen LogP) is 1.88. The van der Waals surface area contributed by atoms with Crippen molar-refractivity contribution in [1.82, 2.24) is 10.3 Å². The molecule has 0 fully saturated rings. The number of oxazole rings is 1. The Morgan fingerprint density at radius 1 is 1.47 bits per heavy atom. The number of amides is 1. The highest BCUT2D eigenvalue weighted by atomic mass is 16.3. The molecule has 0 spiro atoms. The van der Waals surface area contributed by atoms with E-state index in [0.29, 0.717) is 18.9 Å². The summed E-state index contributed by atoms with van der Waals surface area (Å²) in [5, 5.41) is 2.85. The van der Waals surface area contributed by atoms with E-state index in [1.807, 2.05) is 39.0 Å². The number of hydrogen-bond acceptors (Lipinski definition) is 4. The second-order valence-electron chi connectivity index (χ2n) is 5.48. The summed E-state index contributed by atoms with van der Waals surface area (Å²) >= 11 is 0. The van der Waals surface area contributed by atoms with Crippen molar-refractivity contribution in [3.8, 4) is 0 Å². The monoisotopic (exact) mass is 261 g/mol. The zero-order valence-corrected chi connectivity index (χ0v) is 11.5. The maximum atomic E-state index is 11.7. The van der Waals surface area contributed by atoms with Gasteiger partial charge in [-0.25, -0.2) is 4.98 Å². The number of fused-ring (bicyclic) bond motifs is 1. The quantitative estimate of drug-likeness (QED) is 0.880. The Bertz CT molecular complexity index is 596. The van der Waals surface area contributed by atoms with Gasteiger partial charge < -0.3 is 15.5 Å². The first-order valence-corrected chi connectivity index (χ1v) is 6.25. The highest BCUT2D eigenvalue weighted by Crippen LogP contribution is 2.16. The first kappa shape index (κ1) is 13.5. The highest BCUT2D eigenvalue weighted by molar-refractivity contribution is 5.77. The fourth-order valence-electron chi connectivity index (χ4n) is 1.87. The fourth-order valence-corrected chi connectivity index (χ4v) is 1.87. The van der Waals surface area contributed by atoms with Crippen molar-refractivity contribution in [3.05, 3.63) is 29.7 Å². The first-order valence-electron chi connectivity index (χ1n) is 6.25. The molecule has 2 rings (SSSR count). The lowest BCUT2D eigenvalue weighted by molar-refractivity contribution is -0.122. The average molecular weight is 261 g/mol. The lowest BCUT2D eigenvalue weighted by Gasteiger charge is -2.17. The summed E-state index contributed by atoms with van der Waals surface area (Å²) < 4.78 is 5.45. The number of nitrogens with one attached hydrogen (secondary N) is 1. The summed E-state index contributed by atoms with van der Waals surface area (Å²) in [5.41, 5.74) is 7.86. The molecule has 0 unspecified atom stereocenters. The van der Waals surface area contributed by atoms with Gasteiger partial charge in [-0.05, 0) is 31.5 Å². The molecular formula is C14H19N3O2. The van der Waals surface area contributed by atoms with Crippen molar-refractivity contribution in [2.75, 3.05) is 0 Å². The minimum Gasteiger partial charge on any atom is -0.441 e. The van der Waals surface area contributed by atoms with Crippen LogP contribution in [0.3, 0.4) is 0 Å². The van der Waals surface area contributed by atoms with Crippen LogP contribution in [-0.4, -0.2) is 16.4 Å². The maximum Gasteiger partial charge on any atom is 0.222 e. The number of nitrogens with zero attached hydrogens (tertiary/aromatic N) is 1. The van der Waals surface area contributed by atoms with E-state index in [4.69, 9.17) is 10.2 Å². The van der Waals surface area contributed by atoms with Crippen molar-refractivity contribution >= 4 is 17.0 Å². The van der Waals surface area contributed by atoms with Crippen molar-refractivity contribution in [3.63, 3.8) is 0 Å². The molecule has 102 valence electrons. The molecule has 0 saturated carbocycles. The first-order chi connectivity index (χ1) is 8.83. The molecule has 19 heavy (non-hydrogen) atoms. The van der Waals surface area contributed by atoms with Gasteiger partial charge in [-0.2, -0.15) is 0 Å². The molecule has 0 atom stereocenters. The number of nitrogens with two attached hydrogens (primary N) is 1. The van der Waals surface area contributed by atoms with Gasteiger partial charge in [0.05, 0.1) is 0 Å². The number of carbonyl (C=O) groups excluding carboxylic acids is 1. The summed E-state index contributed by atoms with van der Waals surface area (Å²) in [5.74, 6) is 0.586. The standard InChI is InChI=1S/C14H19N3O2/c1-9-17-11-5-4-10(6-12(11)19-9)8-16-13(18)7-14(2,3)15/h4-6H,7-8,15H2,1-3H3,(H,16,18). The van der Waals surface area contributed by atoms with Crippen LogP contribution in [0.25, 0.3) is 11.1 Å². The number of rotatable bonds is 4. The van der Waals surface area contributed by atoms with Crippen LogP contribution in [0.15, 0.2) is 22.6 Å². The van der Waals surface area contributed by atoms with Gasteiger partial charge in [-0.3, -0.25) is 4.79 Å². The van der Waals surface area contributed by atoms with Crippen LogP contribution in [0.1, 0.15) is 31.7 Å². The van der Waals surface area contributed by atoms with Crippen molar-refractivity contribution in [1.29, 1.82) is 0 Å². The van der Waals surface area contributed by atoms with Crippen molar-refractivity contribution < 1.29 is 9.21 Å². The molecule has 0 bridgehead atoms. The third kappa shape index (κ3) is 3.79. The van der Waals surface area contributed by atoms with E-state index in [0.717, 1.165) is 16.7 Å². The van der Waals surface area contributed by atoms with Gasteiger partial charge in [0.25, 0.3) is 0 Å². The Morgan fingerprint density at radius 2 is 2.21 bits per heavy atom. The van der Waals surface area contributed by atoms with Gasteiger partial charge in [-0.15, -0.1) is 0 Å². The Balaban J connectivity index is 1.99. The smallest absolute Gasteiger partial charge is 0.222 e. The third-order valence-electron chi connectivity index (χ3n) is 2.67.